The van der Waals surface area contributed by atoms with Crippen LogP contribution >= 0.6 is 0 Å². The van der Waals surface area contributed by atoms with Gasteiger partial charge in [0.2, 0.25) is 0 Å². The quantitative estimate of drug-likeness (QED) is 0.870. The monoisotopic (exact) mass is 261 g/mol. The SMILES string of the molecule is Cc1ccc(C(N)c2c(C)cc(F)cc2C)cc1F. The Labute approximate surface area is 112 Å². The predicted octanol–water partition coefficient (Wildman–Crippen LogP) is 3.94. The van der Waals surface area contributed by atoms with E-state index in [1.54, 1.807) is 13.0 Å². The third-order valence-electron chi connectivity index (χ3n) is 3.42. The minimum absolute atomic E-state index is 0.273. The van der Waals surface area contributed by atoms with Crippen molar-refractivity contribution in [1.29, 1.82) is 0 Å². The van der Waals surface area contributed by atoms with Crippen LogP contribution in [0.2, 0.25) is 0 Å². The lowest BCUT2D eigenvalue weighted by atomic mass is 9.91. The summed E-state index contributed by atoms with van der Waals surface area (Å²) in [7, 11) is 0. The number of aryl methyl sites for hydroxylation is 3. The second kappa shape index (κ2) is 5.10. The molecule has 0 bridgehead atoms. The third kappa shape index (κ3) is 2.66. The average molecular weight is 261 g/mol. The number of hydrogen-bond acceptors (Lipinski definition) is 1. The largest absolute Gasteiger partial charge is 0.320 e. The van der Waals surface area contributed by atoms with Gasteiger partial charge in [-0.2, -0.15) is 0 Å². The molecule has 0 aliphatic heterocycles. The van der Waals surface area contributed by atoms with Crippen molar-refractivity contribution in [2.75, 3.05) is 0 Å². The van der Waals surface area contributed by atoms with Gasteiger partial charge in [0.25, 0.3) is 0 Å². The van der Waals surface area contributed by atoms with Crippen molar-refractivity contribution in [2.45, 2.75) is 26.8 Å². The summed E-state index contributed by atoms with van der Waals surface area (Å²) in [5.74, 6) is -0.550. The molecule has 0 aliphatic rings. The van der Waals surface area contributed by atoms with Gasteiger partial charge in [-0.05, 0) is 66.8 Å². The molecule has 2 N–H and O–H groups in total. The van der Waals surface area contributed by atoms with E-state index in [0.29, 0.717) is 11.1 Å². The van der Waals surface area contributed by atoms with Gasteiger partial charge in [-0.25, -0.2) is 8.78 Å². The number of halogens is 2. The Hall–Kier alpha value is -1.74. The first-order chi connectivity index (χ1) is 8.90. The van der Waals surface area contributed by atoms with Crippen LogP contribution in [0.25, 0.3) is 0 Å². The molecule has 1 unspecified atom stereocenters. The fourth-order valence-electron chi connectivity index (χ4n) is 2.38. The first-order valence-corrected chi connectivity index (χ1v) is 6.18. The molecule has 0 aromatic heterocycles. The van der Waals surface area contributed by atoms with Crippen LogP contribution in [0.3, 0.4) is 0 Å². The van der Waals surface area contributed by atoms with E-state index in [4.69, 9.17) is 5.73 Å². The van der Waals surface area contributed by atoms with Crippen LogP contribution < -0.4 is 5.73 Å². The molecule has 0 fully saturated rings. The molecule has 19 heavy (non-hydrogen) atoms. The molecule has 0 radical (unpaired) electrons. The standard InChI is InChI=1S/C16H17F2N/c1-9-4-5-12(8-14(9)18)16(19)15-10(2)6-13(17)7-11(15)3/h4-8,16H,19H2,1-3H3. The molecule has 3 heteroatoms. The fourth-order valence-corrected chi connectivity index (χ4v) is 2.38. The molecule has 1 nitrogen and oxygen atoms in total. The van der Waals surface area contributed by atoms with Gasteiger partial charge in [0.1, 0.15) is 11.6 Å². The highest BCUT2D eigenvalue weighted by molar-refractivity contribution is 5.42. The van der Waals surface area contributed by atoms with Crippen LogP contribution in [0, 0.1) is 32.4 Å². The van der Waals surface area contributed by atoms with E-state index < -0.39 is 6.04 Å². The number of benzene rings is 2. The molecular formula is C16H17F2N. The molecule has 2 aromatic rings. The van der Waals surface area contributed by atoms with Gasteiger partial charge >= 0.3 is 0 Å². The maximum absolute atomic E-state index is 13.6. The van der Waals surface area contributed by atoms with Crippen molar-refractivity contribution < 1.29 is 8.78 Å². The second-order valence-corrected chi connectivity index (χ2v) is 4.94. The lowest BCUT2D eigenvalue weighted by Gasteiger charge is -2.18. The highest BCUT2D eigenvalue weighted by Gasteiger charge is 2.16. The van der Waals surface area contributed by atoms with Gasteiger partial charge in [0.05, 0.1) is 6.04 Å². The summed E-state index contributed by atoms with van der Waals surface area (Å²) in [6.07, 6.45) is 0. The molecule has 2 aromatic carbocycles. The van der Waals surface area contributed by atoms with Crippen molar-refractivity contribution in [3.05, 3.63) is 69.8 Å². The van der Waals surface area contributed by atoms with Crippen LogP contribution in [0.1, 0.15) is 33.9 Å². The molecule has 1 atom stereocenters. The van der Waals surface area contributed by atoms with Gasteiger partial charge in [-0.1, -0.05) is 12.1 Å². The fraction of sp³-hybridized carbons (Fsp3) is 0.250. The van der Waals surface area contributed by atoms with Crippen molar-refractivity contribution in [3.63, 3.8) is 0 Å². The molecule has 0 amide bonds. The molecule has 0 saturated carbocycles. The Bertz CT molecular complexity index is 597. The Morgan fingerprint density at radius 2 is 1.47 bits per heavy atom. The lowest BCUT2D eigenvalue weighted by Crippen LogP contribution is -2.15. The topological polar surface area (TPSA) is 26.0 Å². The van der Waals surface area contributed by atoms with E-state index in [9.17, 15) is 8.78 Å². The van der Waals surface area contributed by atoms with Crippen molar-refractivity contribution >= 4 is 0 Å². The van der Waals surface area contributed by atoms with Crippen molar-refractivity contribution in [3.8, 4) is 0 Å². The molecule has 0 aliphatic carbocycles. The van der Waals surface area contributed by atoms with Crippen LogP contribution in [0.4, 0.5) is 8.78 Å². The smallest absolute Gasteiger partial charge is 0.126 e. The highest BCUT2D eigenvalue weighted by atomic mass is 19.1. The summed E-state index contributed by atoms with van der Waals surface area (Å²) in [6.45, 7) is 5.34. The maximum Gasteiger partial charge on any atom is 0.126 e. The number of nitrogens with two attached hydrogens (primary N) is 1. The minimum Gasteiger partial charge on any atom is -0.320 e. The molecule has 0 saturated heterocycles. The Morgan fingerprint density at radius 3 is 2.00 bits per heavy atom. The minimum atomic E-state index is -0.448. The Kier molecular flexibility index (Phi) is 3.67. The zero-order valence-electron chi connectivity index (χ0n) is 11.3. The predicted molar refractivity (Wildman–Crippen MR) is 73.0 cm³/mol. The van der Waals surface area contributed by atoms with E-state index in [1.165, 1.54) is 18.2 Å². The zero-order chi connectivity index (χ0) is 14.2. The summed E-state index contributed by atoms with van der Waals surface area (Å²) < 4.78 is 26.9. The highest BCUT2D eigenvalue weighted by Crippen LogP contribution is 2.27. The van der Waals surface area contributed by atoms with E-state index in [-0.39, 0.29) is 11.6 Å². The van der Waals surface area contributed by atoms with Gasteiger partial charge in [-0.15, -0.1) is 0 Å². The number of hydrogen-bond donors (Lipinski definition) is 1. The van der Waals surface area contributed by atoms with Gasteiger partial charge < -0.3 is 5.73 Å². The summed E-state index contributed by atoms with van der Waals surface area (Å²) in [4.78, 5) is 0. The number of rotatable bonds is 2. The van der Waals surface area contributed by atoms with Gasteiger partial charge in [0, 0.05) is 0 Å². The molecule has 100 valence electrons. The summed E-state index contributed by atoms with van der Waals surface area (Å²) in [5.41, 5.74) is 9.90. The van der Waals surface area contributed by atoms with Gasteiger partial charge in [0.15, 0.2) is 0 Å². The molecule has 0 spiro atoms. The third-order valence-corrected chi connectivity index (χ3v) is 3.42. The maximum atomic E-state index is 13.6. The normalized spacial score (nSPS) is 12.5. The lowest BCUT2D eigenvalue weighted by molar-refractivity contribution is 0.613. The van der Waals surface area contributed by atoms with E-state index >= 15 is 0 Å². The summed E-state index contributed by atoms with van der Waals surface area (Å²) in [5, 5.41) is 0. The molecule has 2 rings (SSSR count). The van der Waals surface area contributed by atoms with E-state index in [1.807, 2.05) is 19.9 Å². The van der Waals surface area contributed by atoms with Crippen LogP contribution in [0.5, 0.6) is 0 Å². The van der Waals surface area contributed by atoms with Crippen molar-refractivity contribution in [2.24, 2.45) is 5.73 Å². The average Bonchev–Trinajstić information content (AvgIpc) is 2.31. The van der Waals surface area contributed by atoms with Crippen LogP contribution in [-0.4, -0.2) is 0 Å². The van der Waals surface area contributed by atoms with Crippen LogP contribution in [-0.2, 0) is 0 Å². The van der Waals surface area contributed by atoms with E-state index in [0.717, 1.165) is 16.7 Å². The molecular weight excluding hydrogens is 244 g/mol. The second-order valence-electron chi connectivity index (χ2n) is 4.94. The van der Waals surface area contributed by atoms with Gasteiger partial charge in [-0.3, -0.25) is 0 Å². The first-order valence-electron chi connectivity index (χ1n) is 6.18. The Balaban J connectivity index is 2.49. The molecule has 0 heterocycles. The van der Waals surface area contributed by atoms with E-state index in [2.05, 4.69) is 0 Å². The summed E-state index contributed by atoms with van der Waals surface area (Å²) >= 11 is 0. The first kappa shape index (κ1) is 13.7. The summed E-state index contributed by atoms with van der Waals surface area (Å²) in [6, 6.07) is 7.42. The zero-order valence-corrected chi connectivity index (χ0v) is 11.3. The van der Waals surface area contributed by atoms with Crippen LogP contribution in [0.15, 0.2) is 30.3 Å². The Morgan fingerprint density at radius 1 is 0.895 bits per heavy atom. The van der Waals surface area contributed by atoms with Crippen molar-refractivity contribution in [1.82, 2.24) is 0 Å².